The summed E-state index contributed by atoms with van der Waals surface area (Å²) in [5, 5.41) is 8.80. The van der Waals surface area contributed by atoms with Gasteiger partial charge in [-0.1, -0.05) is 223 Å². The Morgan fingerprint density at radius 1 is 0.281 bits per heavy atom. The fourth-order valence-electron chi connectivity index (χ4n) is 15.0. The monoisotopic (exact) mass is 1150 g/mol. The van der Waals surface area contributed by atoms with Crippen LogP contribution in [0.25, 0.3) is 87.7 Å². The molecule has 436 valence electrons. The normalized spacial score (nSPS) is 13.7. The van der Waals surface area contributed by atoms with Crippen molar-refractivity contribution in [3.8, 4) is 22.3 Å². The van der Waals surface area contributed by atoms with Crippen molar-refractivity contribution >= 4 is 99.5 Å². The van der Waals surface area contributed by atoms with Crippen LogP contribution in [-0.4, -0.2) is 0 Å². The molecule has 4 heteroatoms. The third-order valence-corrected chi connectivity index (χ3v) is 19.7. The van der Waals surface area contributed by atoms with E-state index in [1.807, 2.05) is 0 Å². The molecule has 12 aromatic carbocycles. The Kier molecular flexibility index (Phi) is 11.8. The Morgan fingerprint density at radius 2 is 0.663 bits per heavy atom. The van der Waals surface area contributed by atoms with Gasteiger partial charge < -0.3 is 18.6 Å². The number of fused-ring (bicyclic) bond motifs is 21. The zero-order chi connectivity index (χ0) is 61.3. The zero-order valence-electron chi connectivity index (χ0n) is 53.2. The van der Waals surface area contributed by atoms with Gasteiger partial charge in [-0.2, -0.15) is 0 Å². The van der Waals surface area contributed by atoms with Crippen LogP contribution in [0.4, 0.5) is 34.1 Å². The molecule has 0 atom stereocenters. The van der Waals surface area contributed by atoms with Crippen molar-refractivity contribution in [2.75, 3.05) is 9.80 Å². The standard InChI is InChI=1S/C85H74N2O2/c1-81(2,3)51-29-37-55(38-30-51)86(56-39-31-52(32-40-56)82(4,5)6)72-49-70-78(67-47-66-62-24-16-19-27-74(62)88-76(66)48-65(67)72)77-64-46-45-63-61-23-15-20-28-75(61)89-80(63)79(64)73(50-71(77)85(70)68-25-17-13-21-59(68)60-22-14-18-26-69(60)85)87(57-41-33-53(34-42-57)83(7,8)9)58-43-35-54(36-44-58)84(10,11)12/h13-50H,1-12H3. The quantitative estimate of drug-likeness (QED) is 0.166. The second kappa shape index (κ2) is 19.2. The second-order valence-corrected chi connectivity index (χ2v) is 29.3. The Bertz CT molecular complexity index is 5040. The average molecular weight is 1160 g/mol. The van der Waals surface area contributed by atoms with Gasteiger partial charge in [0.2, 0.25) is 0 Å². The Labute approximate surface area is 522 Å². The summed E-state index contributed by atoms with van der Waals surface area (Å²) in [5.41, 5.74) is 23.9. The molecule has 89 heavy (non-hydrogen) atoms. The molecule has 0 saturated heterocycles. The SMILES string of the molecule is CC(C)(C)c1ccc(N(c2ccc(C(C)(C)C)cc2)c2cc3c(c4cc5c(cc24)oc2ccccc25)-c2c(cc(N(c4ccc(C(C)(C)C)cc4)c4ccc(C(C)(C)C)cc4)c4c2ccc2c5ccccc5oc24)C32c3ccccc3-c3ccccc32)cc1. The minimum Gasteiger partial charge on any atom is -0.456 e. The summed E-state index contributed by atoms with van der Waals surface area (Å²) < 4.78 is 14.4. The number of hydrogen-bond acceptors (Lipinski definition) is 4. The number of anilines is 6. The number of nitrogens with zero attached hydrogens (tertiary/aromatic N) is 2. The molecule has 2 aliphatic carbocycles. The fourth-order valence-corrected chi connectivity index (χ4v) is 15.0. The van der Waals surface area contributed by atoms with E-state index < -0.39 is 5.41 Å². The lowest BCUT2D eigenvalue weighted by atomic mass is 9.70. The summed E-state index contributed by atoms with van der Waals surface area (Å²) in [4.78, 5) is 5.04. The van der Waals surface area contributed by atoms with Gasteiger partial charge in [0, 0.05) is 55.1 Å². The lowest BCUT2D eigenvalue weighted by Crippen LogP contribution is -2.27. The van der Waals surface area contributed by atoms with Crippen LogP contribution in [0.3, 0.4) is 0 Å². The summed E-state index contributed by atoms with van der Waals surface area (Å²) in [5.74, 6) is 0. The maximum atomic E-state index is 7.38. The minimum atomic E-state index is -0.810. The first-order valence-corrected chi connectivity index (χ1v) is 31.7. The molecular weight excluding hydrogens is 1080 g/mol. The first-order valence-electron chi connectivity index (χ1n) is 31.7. The highest BCUT2D eigenvalue weighted by Crippen LogP contribution is 2.68. The highest BCUT2D eigenvalue weighted by molar-refractivity contribution is 6.27. The molecule has 1 spiro atoms. The molecule has 0 aliphatic heterocycles. The predicted octanol–water partition coefficient (Wildman–Crippen LogP) is 24.3. The van der Waals surface area contributed by atoms with Crippen LogP contribution in [0.15, 0.2) is 239 Å². The van der Waals surface area contributed by atoms with E-state index >= 15 is 0 Å². The van der Waals surface area contributed by atoms with Crippen LogP contribution in [0.2, 0.25) is 0 Å². The highest BCUT2D eigenvalue weighted by Gasteiger charge is 2.54. The van der Waals surface area contributed by atoms with E-state index in [0.717, 1.165) is 99.5 Å². The second-order valence-electron chi connectivity index (χ2n) is 29.3. The molecule has 0 amide bonds. The van der Waals surface area contributed by atoms with E-state index in [4.69, 9.17) is 8.83 Å². The number of benzene rings is 12. The van der Waals surface area contributed by atoms with Gasteiger partial charge in [0.15, 0.2) is 0 Å². The Hall–Kier alpha value is -9.64. The lowest BCUT2D eigenvalue weighted by molar-refractivity contribution is 0.590. The smallest absolute Gasteiger partial charge is 0.145 e. The van der Waals surface area contributed by atoms with E-state index in [1.54, 1.807) is 0 Å². The van der Waals surface area contributed by atoms with Crippen molar-refractivity contribution < 1.29 is 8.83 Å². The van der Waals surface area contributed by atoms with Gasteiger partial charge in [-0.3, -0.25) is 0 Å². The average Bonchev–Trinajstić information content (AvgIpc) is 1.50. The molecule has 0 fully saturated rings. The fraction of sp³-hybridized carbons (Fsp3) is 0.200. The number of furan rings is 2. The van der Waals surface area contributed by atoms with Gasteiger partial charge in [-0.15, -0.1) is 0 Å². The third-order valence-electron chi connectivity index (χ3n) is 19.7. The largest absolute Gasteiger partial charge is 0.456 e. The van der Waals surface area contributed by atoms with Crippen molar-refractivity contribution in [3.05, 3.63) is 275 Å². The van der Waals surface area contributed by atoms with Gasteiger partial charge in [0.25, 0.3) is 0 Å². The number of hydrogen-bond donors (Lipinski definition) is 0. The topological polar surface area (TPSA) is 32.8 Å². The summed E-state index contributed by atoms with van der Waals surface area (Å²) in [6.07, 6.45) is 0. The van der Waals surface area contributed by atoms with Crippen molar-refractivity contribution in [3.63, 3.8) is 0 Å². The summed E-state index contributed by atoms with van der Waals surface area (Å²) in [7, 11) is 0. The summed E-state index contributed by atoms with van der Waals surface area (Å²) in [6.45, 7) is 27.6. The van der Waals surface area contributed by atoms with Crippen LogP contribution in [0.5, 0.6) is 0 Å². The first-order chi connectivity index (χ1) is 42.7. The van der Waals surface area contributed by atoms with Crippen molar-refractivity contribution in [2.45, 2.75) is 110 Å². The lowest BCUT2D eigenvalue weighted by Gasteiger charge is -2.34. The maximum Gasteiger partial charge on any atom is 0.145 e. The maximum absolute atomic E-state index is 7.38. The number of para-hydroxylation sites is 2. The molecule has 0 unspecified atom stereocenters. The van der Waals surface area contributed by atoms with Gasteiger partial charge in [0.05, 0.1) is 16.8 Å². The van der Waals surface area contributed by atoms with Crippen LogP contribution in [0, 0.1) is 0 Å². The zero-order valence-corrected chi connectivity index (χ0v) is 53.2. The van der Waals surface area contributed by atoms with Crippen LogP contribution >= 0.6 is 0 Å². The molecule has 14 aromatic rings. The van der Waals surface area contributed by atoms with E-state index in [0.29, 0.717) is 0 Å². The Balaban J connectivity index is 1.11. The molecule has 2 heterocycles. The van der Waals surface area contributed by atoms with Crippen LogP contribution < -0.4 is 9.80 Å². The molecule has 4 nitrogen and oxygen atoms in total. The molecule has 0 saturated carbocycles. The minimum absolute atomic E-state index is 0.0385. The van der Waals surface area contributed by atoms with Crippen molar-refractivity contribution in [2.24, 2.45) is 0 Å². The molecule has 0 N–H and O–H groups in total. The van der Waals surface area contributed by atoms with E-state index in [9.17, 15) is 0 Å². The molecule has 0 bridgehead atoms. The van der Waals surface area contributed by atoms with Crippen LogP contribution in [-0.2, 0) is 27.1 Å². The van der Waals surface area contributed by atoms with Gasteiger partial charge in [-0.25, -0.2) is 0 Å². The van der Waals surface area contributed by atoms with Gasteiger partial charge in [0.1, 0.15) is 22.3 Å². The first kappa shape index (κ1) is 54.7. The molecule has 2 aromatic heterocycles. The highest BCUT2D eigenvalue weighted by atomic mass is 16.3. The predicted molar refractivity (Wildman–Crippen MR) is 376 cm³/mol. The van der Waals surface area contributed by atoms with Gasteiger partial charge in [-0.05, 0) is 190 Å². The summed E-state index contributed by atoms with van der Waals surface area (Å²) in [6, 6.07) is 87.6. The molecule has 0 radical (unpaired) electrons. The number of rotatable bonds is 6. The Morgan fingerprint density at radius 3 is 1.13 bits per heavy atom. The molecule has 16 rings (SSSR count). The molecular formula is C85H74N2O2. The van der Waals surface area contributed by atoms with Crippen LogP contribution in [0.1, 0.15) is 128 Å². The summed E-state index contributed by atoms with van der Waals surface area (Å²) >= 11 is 0. The van der Waals surface area contributed by atoms with Crippen molar-refractivity contribution in [1.29, 1.82) is 0 Å². The third kappa shape index (κ3) is 8.25. The molecule has 2 aliphatic rings. The van der Waals surface area contributed by atoms with Crippen molar-refractivity contribution in [1.82, 2.24) is 0 Å². The van der Waals surface area contributed by atoms with E-state index in [1.165, 1.54) is 66.8 Å². The van der Waals surface area contributed by atoms with Gasteiger partial charge >= 0.3 is 0 Å². The van der Waals surface area contributed by atoms with E-state index in [2.05, 4.69) is 323 Å². The van der Waals surface area contributed by atoms with E-state index in [-0.39, 0.29) is 21.7 Å².